The van der Waals surface area contributed by atoms with Gasteiger partial charge in [-0.1, -0.05) is 13.8 Å². The maximum absolute atomic E-state index is 12.2. The van der Waals surface area contributed by atoms with Gasteiger partial charge >= 0.3 is 0 Å². The number of ketones is 1. The van der Waals surface area contributed by atoms with Crippen molar-refractivity contribution in [2.24, 2.45) is 29.1 Å². The number of carbonyl (C=O) groups is 1. The lowest BCUT2D eigenvalue weighted by atomic mass is 9.49. The van der Waals surface area contributed by atoms with Crippen LogP contribution in [0, 0.1) is 29.1 Å². The van der Waals surface area contributed by atoms with Crippen LogP contribution in [-0.2, 0) is 4.79 Å². The summed E-state index contributed by atoms with van der Waals surface area (Å²) >= 11 is 0. The molecule has 1 N–H and O–H groups in total. The van der Waals surface area contributed by atoms with E-state index in [-0.39, 0.29) is 5.78 Å². The Morgan fingerprint density at radius 3 is 2.61 bits per heavy atom. The van der Waals surface area contributed by atoms with Crippen molar-refractivity contribution in [3.05, 3.63) is 22.8 Å². The molecule has 23 heavy (non-hydrogen) atoms. The van der Waals surface area contributed by atoms with Crippen molar-refractivity contribution in [1.29, 1.82) is 0 Å². The minimum atomic E-state index is -0.839. The van der Waals surface area contributed by atoms with Crippen LogP contribution in [0.5, 0.6) is 0 Å². The summed E-state index contributed by atoms with van der Waals surface area (Å²) in [5.41, 5.74) is 2.37. The first kappa shape index (κ1) is 15.6. The summed E-state index contributed by atoms with van der Waals surface area (Å²) in [5, 5.41) is 11.7. The van der Waals surface area contributed by atoms with Gasteiger partial charge < -0.3 is 5.11 Å². The van der Waals surface area contributed by atoms with Crippen LogP contribution in [0.3, 0.4) is 0 Å². The molecule has 4 aliphatic rings. The molecule has 0 aliphatic heterocycles. The lowest BCUT2D eigenvalue weighted by Gasteiger charge is -2.57. The number of carbonyl (C=O) groups excluding carboxylic acids is 1. The molecule has 6 unspecified atom stereocenters. The molecule has 0 amide bonds. The van der Waals surface area contributed by atoms with Gasteiger partial charge in [-0.2, -0.15) is 0 Å². The standard InChI is InChI=1S/C21H30O2/c1-12-5-7-17-15-6-8-16-14(3)19(22)11-13(2)21(16,23)18(15)9-10-20(12,17)4/h11-12,15,17-18,23H,5-10H2,1-4H3. The van der Waals surface area contributed by atoms with Gasteiger partial charge in [-0.05, 0) is 104 Å². The van der Waals surface area contributed by atoms with E-state index in [2.05, 4.69) is 13.8 Å². The molecular formula is C21H30O2. The summed E-state index contributed by atoms with van der Waals surface area (Å²) in [6, 6.07) is 0. The molecule has 4 aliphatic carbocycles. The van der Waals surface area contributed by atoms with E-state index in [1.807, 2.05) is 13.8 Å². The molecule has 2 nitrogen and oxygen atoms in total. The highest BCUT2D eigenvalue weighted by atomic mass is 16.3. The van der Waals surface area contributed by atoms with Crippen molar-refractivity contribution < 1.29 is 9.90 Å². The third kappa shape index (κ3) is 1.82. The summed E-state index contributed by atoms with van der Waals surface area (Å²) in [6.45, 7) is 8.81. The molecule has 0 saturated heterocycles. The topological polar surface area (TPSA) is 37.3 Å². The number of aliphatic hydroxyl groups is 1. The van der Waals surface area contributed by atoms with Crippen LogP contribution < -0.4 is 0 Å². The fourth-order valence-corrected chi connectivity index (χ4v) is 6.76. The van der Waals surface area contributed by atoms with Crippen LogP contribution in [0.15, 0.2) is 22.8 Å². The maximum Gasteiger partial charge on any atom is 0.181 e. The molecule has 0 heterocycles. The van der Waals surface area contributed by atoms with E-state index in [1.165, 1.54) is 19.3 Å². The van der Waals surface area contributed by atoms with Crippen LogP contribution in [0.25, 0.3) is 0 Å². The average Bonchev–Trinajstić information content (AvgIpc) is 2.81. The quantitative estimate of drug-likeness (QED) is 0.718. The van der Waals surface area contributed by atoms with E-state index in [1.54, 1.807) is 6.08 Å². The second-order valence-electron chi connectivity index (χ2n) is 9.00. The lowest BCUT2D eigenvalue weighted by Crippen LogP contribution is -2.55. The Labute approximate surface area is 140 Å². The monoisotopic (exact) mass is 314 g/mol. The van der Waals surface area contributed by atoms with Crippen LogP contribution >= 0.6 is 0 Å². The predicted octanol–water partition coefficient (Wildman–Crippen LogP) is 4.44. The molecule has 0 aromatic rings. The van der Waals surface area contributed by atoms with E-state index < -0.39 is 5.60 Å². The average molecular weight is 314 g/mol. The zero-order chi connectivity index (χ0) is 16.6. The third-order valence-electron chi connectivity index (χ3n) is 8.41. The summed E-state index contributed by atoms with van der Waals surface area (Å²) in [4.78, 5) is 12.2. The number of allylic oxidation sites excluding steroid dienone is 2. The smallest absolute Gasteiger partial charge is 0.181 e. The van der Waals surface area contributed by atoms with Gasteiger partial charge in [0.15, 0.2) is 5.78 Å². The SMILES string of the molecule is CC1=CC(=O)C(C)=C2CCC3C(CCC4(C)C(C)CCC34)C12O. The number of hydrogen-bond acceptors (Lipinski definition) is 2. The highest BCUT2D eigenvalue weighted by Gasteiger charge is 2.60. The van der Waals surface area contributed by atoms with Gasteiger partial charge in [0.1, 0.15) is 5.60 Å². The van der Waals surface area contributed by atoms with Crippen LogP contribution in [0.2, 0.25) is 0 Å². The normalized spacial score (nSPS) is 49.4. The minimum Gasteiger partial charge on any atom is -0.381 e. The fraction of sp³-hybridized carbons (Fsp3) is 0.762. The molecule has 0 aromatic carbocycles. The van der Waals surface area contributed by atoms with E-state index in [0.29, 0.717) is 17.3 Å². The second kappa shape index (κ2) is 4.81. The molecule has 0 bridgehead atoms. The molecule has 0 spiro atoms. The molecule has 3 fully saturated rings. The largest absolute Gasteiger partial charge is 0.381 e. The number of rotatable bonds is 0. The minimum absolute atomic E-state index is 0.107. The maximum atomic E-state index is 12.2. The van der Waals surface area contributed by atoms with Gasteiger partial charge in [0, 0.05) is 0 Å². The summed E-state index contributed by atoms with van der Waals surface area (Å²) in [6.07, 6.45) is 8.78. The predicted molar refractivity (Wildman–Crippen MR) is 91.9 cm³/mol. The Hall–Kier alpha value is -0.890. The molecule has 126 valence electrons. The van der Waals surface area contributed by atoms with Crippen molar-refractivity contribution in [3.63, 3.8) is 0 Å². The first-order chi connectivity index (χ1) is 10.8. The van der Waals surface area contributed by atoms with Gasteiger partial charge in [0.25, 0.3) is 0 Å². The molecule has 0 radical (unpaired) electrons. The van der Waals surface area contributed by atoms with Gasteiger partial charge in [-0.25, -0.2) is 0 Å². The van der Waals surface area contributed by atoms with Crippen LogP contribution in [0.1, 0.15) is 66.2 Å². The van der Waals surface area contributed by atoms with Gasteiger partial charge in [0.2, 0.25) is 0 Å². The first-order valence-electron chi connectivity index (χ1n) is 9.46. The summed E-state index contributed by atoms with van der Waals surface area (Å²) in [7, 11) is 0. The molecule has 2 heteroatoms. The zero-order valence-corrected chi connectivity index (χ0v) is 15.0. The second-order valence-corrected chi connectivity index (χ2v) is 9.00. The van der Waals surface area contributed by atoms with Crippen molar-refractivity contribution in [1.82, 2.24) is 0 Å². The Kier molecular flexibility index (Phi) is 3.27. The van der Waals surface area contributed by atoms with E-state index in [9.17, 15) is 9.90 Å². The lowest BCUT2D eigenvalue weighted by molar-refractivity contribution is -0.114. The van der Waals surface area contributed by atoms with Crippen molar-refractivity contribution in [3.8, 4) is 0 Å². The van der Waals surface area contributed by atoms with Crippen LogP contribution in [0.4, 0.5) is 0 Å². The fourth-order valence-electron chi connectivity index (χ4n) is 6.76. The van der Waals surface area contributed by atoms with Crippen molar-refractivity contribution >= 4 is 5.78 Å². The zero-order valence-electron chi connectivity index (χ0n) is 15.0. The highest BCUT2D eigenvalue weighted by molar-refractivity contribution is 6.06. The summed E-state index contributed by atoms with van der Waals surface area (Å²) < 4.78 is 0. The van der Waals surface area contributed by atoms with E-state index in [0.717, 1.165) is 47.8 Å². The Morgan fingerprint density at radius 2 is 1.87 bits per heavy atom. The molecular weight excluding hydrogens is 284 g/mol. The van der Waals surface area contributed by atoms with Crippen LogP contribution in [-0.4, -0.2) is 16.5 Å². The molecule has 3 saturated carbocycles. The molecule has 6 atom stereocenters. The highest BCUT2D eigenvalue weighted by Crippen LogP contribution is 2.64. The Morgan fingerprint density at radius 1 is 1.13 bits per heavy atom. The van der Waals surface area contributed by atoms with E-state index >= 15 is 0 Å². The van der Waals surface area contributed by atoms with Gasteiger partial charge in [-0.15, -0.1) is 0 Å². The molecule has 0 aromatic heterocycles. The van der Waals surface area contributed by atoms with E-state index in [4.69, 9.17) is 0 Å². The Balaban J connectivity index is 1.77. The van der Waals surface area contributed by atoms with Gasteiger partial charge in [-0.3, -0.25) is 4.79 Å². The number of fused-ring (bicyclic) bond motifs is 5. The van der Waals surface area contributed by atoms with Crippen molar-refractivity contribution in [2.75, 3.05) is 0 Å². The van der Waals surface area contributed by atoms with Crippen molar-refractivity contribution in [2.45, 2.75) is 71.8 Å². The third-order valence-corrected chi connectivity index (χ3v) is 8.41. The number of hydrogen-bond donors (Lipinski definition) is 1. The summed E-state index contributed by atoms with van der Waals surface area (Å²) in [5.74, 6) is 2.61. The Bertz CT molecular complexity index is 628. The van der Waals surface area contributed by atoms with Gasteiger partial charge in [0.05, 0.1) is 0 Å². The molecule has 4 rings (SSSR count). The first-order valence-corrected chi connectivity index (χ1v) is 9.46.